The van der Waals surface area contributed by atoms with Crippen molar-refractivity contribution in [2.24, 2.45) is 0 Å². The summed E-state index contributed by atoms with van der Waals surface area (Å²) < 4.78 is 41.5. The van der Waals surface area contributed by atoms with Gasteiger partial charge in [0.15, 0.2) is 6.61 Å². The summed E-state index contributed by atoms with van der Waals surface area (Å²) in [5.74, 6) is -0.0508. The number of pyridine rings is 1. The van der Waals surface area contributed by atoms with Crippen molar-refractivity contribution >= 4 is 33.0 Å². The standard InChI is InChI=1S/C12H10BrF3N2OS/c13-9-3-4-20-10(9)6-17-8-1-2-11(18-5-8)19-7-12(14,15)16/h1-5,17H,6-7H2. The van der Waals surface area contributed by atoms with Gasteiger partial charge in [-0.1, -0.05) is 0 Å². The lowest BCUT2D eigenvalue weighted by Crippen LogP contribution is -2.19. The number of hydrogen-bond donors (Lipinski definition) is 1. The van der Waals surface area contributed by atoms with Crippen LogP contribution in [0.5, 0.6) is 5.88 Å². The summed E-state index contributed by atoms with van der Waals surface area (Å²) in [6, 6.07) is 4.98. The lowest BCUT2D eigenvalue weighted by molar-refractivity contribution is -0.154. The van der Waals surface area contributed by atoms with Crippen LogP contribution in [0, 0.1) is 0 Å². The second-order valence-electron chi connectivity index (χ2n) is 3.83. The molecule has 0 aromatic carbocycles. The van der Waals surface area contributed by atoms with Gasteiger partial charge in [0.25, 0.3) is 0 Å². The zero-order valence-corrected chi connectivity index (χ0v) is 12.5. The Hall–Kier alpha value is -1.28. The molecule has 0 fully saturated rings. The third-order valence-electron chi connectivity index (χ3n) is 2.26. The summed E-state index contributed by atoms with van der Waals surface area (Å²) in [5.41, 5.74) is 0.713. The van der Waals surface area contributed by atoms with E-state index in [1.807, 2.05) is 11.4 Å². The first-order valence-corrected chi connectivity index (χ1v) is 7.23. The number of halogens is 4. The number of nitrogens with zero attached hydrogens (tertiary/aromatic N) is 1. The Balaban J connectivity index is 1.87. The van der Waals surface area contributed by atoms with E-state index in [9.17, 15) is 13.2 Å². The molecule has 2 aromatic rings. The van der Waals surface area contributed by atoms with Crippen LogP contribution in [0.4, 0.5) is 18.9 Å². The molecular formula is C12H10BrF3N2OS. The number of ether oxygens (including phenoxy) is 1. The van der Waals surface area contributed by atoms with E-state index >= 15 is 0 Å². The van der Waals surface area contributed by atoms with E-state index in [0.717, 1.165) is 9.35 Å². The van der Waals surface area contributed by atoms with Gasteiger partial charge in [0, 0.05) is 15.4 Å². The average molecular weight is 367 g/mol. The van der Waals surface area contributed by atoms with Crippen molar-refractivity contribution < 1.29 is 17.9 Å². The SMILES string of the molecule is FC(F)(F)COc1ccc(NCc2sccc2Br)cn1. The fourth-order valence-corrected chi connectivity index (χ4v) is 2.79. The first-order valence-electron chi connectivity index (χ1n) is 5.55. The van der Waals surface area contributed by atoms with Gasteiger partial charge in [-0.3, -0.25) is 0 Å². The Morgan fingerprint density at radius 2 is 2.10 bits per heavy atom. The van der Waals surface area contributed by atoms with Gasteiger partial charge in [-0.25, -0.2) is 4.98 Å². The van der Waals surface area contributed by atoms with Gasteiger partial charge in [-0.2, -0.15) is 13.2 Å². The molecule has 0 aliphatic carbocycles. The van der Waals surface area contributed by atoms with Crippen LogP contribution in [-0.2, 0) is 6.54 Å². The number of thiophene rings is 1. The maximum atomic E-state index is 12.0. The van der Waals surface area contributed by atoms with Crippen LogP contribution in [0.3, 0.4) is 0 Å². The number of hydrogen-bond acceptors (Lipinski definition) is 4. The van der Waals surface area contributed by atoms with Gasteiger partial charge in [-0.15, -0.1) is 11.3 Å². The van der Waals surface area contributed by atoms with Crippen LogP contribution in [0.25, 0.3) is 0 Å². The molecule has 108 valence electrons. The monoisotopic (exact) mass is 366 g/mol. The van der Waals surface area contributed by atoms with E-state index in [0.29, 0.717) is 12.2 Å². The molecule has 0 saturated carbocycles. The van der Waals surface area contributed by atoms with Crippen molar-refractivity contribution in [3.05, 3.63) is 39.1 Å². The number of alkyl halides is 3. The molecule has 0 spiro atoms. The molecule has 2 heterocycles. The third-order valence-corrected chi connectivity index (χ3v) is 4.19. The highest BCUT2D eigenvalue weighted by atomic mass is 79.9. The summed E-state index contributed by atoms with van der Waals surface area (Å²) in [6.45, 7) is -0.725. The molecule has 2 aromatic heterocycles. The topological polar surface area (TPSA) is 34.1 Å². The molecule has 8 heteroatoms. The van der Waals surface area contributed by atoms with Gasteiger partial charge in [0.05, 0.1) is 18.4 Å². The molecule has 1 N–H and O–H groups in total. The van der Waals surface area contributed by atoms with E-state index in [4.69, 9.17) is 0 Å². The summed E-state index contributed by atoms with van der Waals surface area (Å²) in [5, 5.41) is 5.09. The quantitative estimate of drug-likeness (QED) is 0.848. The Kier molecular flexibility index (Phi) is 4.87. The fourth-order valence-electron chi connectivity index (χ4n) is 1.36. The molecule has 0 atom stereocenters. The smallest absolute Gasteiger partial charge is 0.422 e. The Morgan fingerprint density at radius 3 is 2.65 bits per heavy atom. The van der Waals surface area contributed by atoms with Gasteiger partial charge >= 0.3 is 6.18 Å². The average Bonchev–Trinajstić information content (AvgIpc) is 2.80. The Morgan fingerprint density at radius 1 is 1.30 bits per heavy atom. The van der Waals surface area contributed by atoms with Crippen molar-refractivity contribution in [3.63, 3.8) is 0 Å². The largest absolute Gasteiger partial charge is 0.468 e. The van der Waals surface area contributed by atoms with Crippen LogP contribution < -0.4 is 10.1 Å². The van der Waals surface area contributed by atoms with Crippen molar-refractivity contribution in [1.82, 2.24) is 4.98 Å². The van der Waals surface area contributed by atoms with E-state index in [1.54, 1.807) is 17.4 Å². The van der Waals surface area contributed by atoms with Crippen LogP contribution in [0.2, 0.25) is 0 Å². The lowest BCUT2D eigenvalue weighted by Gasteiger charge is -2.09. The predicted octanol–water partition coefficient (Wildman–Crippen LogP) is 4.46. The number of aromatic nitrogens is 1. The summed E-state index contributed by atoms with van der Waals surface area (Å²) in [4.78, 5) is 4.94. The van der Waals surface area contributed by atoms with Crippen molar-refractivity contribution in [2.75, 3.05) is 11.9 Å². The molecule has 3 nitrogen and oxygen atoms in total. The molecule has 0 amide bonds. The minimum absolute atomic E-state index is 0.0508. The normalized spacial score (nSPS) is 11.4. The summed E-state index contributed by atoms with van der Waals surface area (Å²) in [6.07, 6.45) is -2.92. The molecule has 0 aliphatic heterocycles. The molecule has 2 rings (SSSR count). The van der Waals surface area contributed by atoms with E-state index in [2.05, 4.69) is 31.0 Å². The maximum absolute atomic E-state index is 12.0. The molecule has 0 aliphatic rings. The highest BCUT2D eigenvalue weighted by molar-refractivity contribution is 9.10. The van der Waals surface area contributed by atoms with E-state index in [1.165, 1.54) is 12.3 Å². The summed E-state index contributed by atoms with van der Waals surface area (Å²) in [7, 11) is 0. The Bertz CT molecular complexity index is 557. The fraction of sp³-hybridized carbons (Fsp3) is 0.250. The number of rotatable bonds is 5. The number of nitrogens with one attached hydrogen (secondary N) is 1. The highest BCUT2D eigenvalue weighted by Gasteiger charge is 2.28. The first-order chi connectivity index (χ1) is 9.44. The zero-order chi connectivity index (χ0) is 14.6. The number of anilines is 1. The van der Waals surface area contributed by atoms with Crippen LogP contribution in [0.1, 0.15) is 4.88 Å². The maximum Gasteiger partial charge on any atom is 0.422 e. The van der Waals surface area contributed by atoms with Crippen molar-refractivity contribution in [1.29, 1.82) is 0 Å². The molecular weight excluding hydrogens is 357 g/mol. The molecule has 20 heavy (non-hydrogen) atoms. The second-order valence-corrected chi connectivity index (χ2v) is 5.69. The molecule has 0 unspecified atom stereocenters. The zero-order valence-electron chi connectivity index (χ0n) is 10.1. The van der Waals surface area contributed by atoms with Crippen molar-refractivity contribution in [2.45, 2.75) is 12.7 Å². The van der Waals surface area contributed by atoms with Gasteiger partial charge in [-0.05, 0) is 33.4 Å². The first kappa shape index (κ1) is 15.1. The molecule has 0 bridgehead atoms. The van der Waals surface area contributed by atoms with Crippen molar-refractivity contribution in [3.8, 4) is 5.88 Å². The molecule has 0 radical (unpaired) electrons. The minimum atomic E-state index is -4.36. The summed E-state index contributed by atoms with van der Waals surface area (Å²) >= 11 is 5.02. The lowest BCUT2D eigenvalue weighted by atomic mass is 10.4. The minimum Gasteiger partial charge on any atom is -0.468 e. The van der Waals surface area contributed by atoms with Crippen LogP contribution in [0.15, 0.2) is 34.2 Å². The van der Waals surface area contributed by atoms with Gasteiger partial charge in [0.1, 0.15) is 0 Å². The highest BCUT2D eigenvalue weighted by Crippen LogP contribution is 2.24. The second kappa shape index (κ2) is 6.45. The van der Waals surface area contributed by atoms with Crippen LogP contribution >= 0.6 is 27.3 Å². The van der Waals surface area contributed by atoms with E-state index in [-0.39, 0.29) is 5.88 Å². The van der Waals surface area contributed by atoms with E-state index < -0.39 is 12.8 Å². The molecule has 0 saturated heterocycles. The third kappa shape index (κ3) is 4.68. The van der Waals surface area contributed by atoms with Gasteiger partial charge < -0.3 is 10.1 Å². The van der Waals surface area contributed by atoms with Gasteiger partial charge in [0.2, 0.25) is 5.88 Å². The Labute approximate surface area is 125 Å². The predicted molar refractivity (Wildman–Crippen MR) is 75.1 cm³/mol. The van der Waals surface area contributed by atoms with Crippen LogP contribution in [-0.4, -0.2) is 17.8 Å².